The van der Waals surface area contributed by atoms with E-state index in [1.165, 1.54) is 13.8 Å². The third-order valence-electron chi connectivity index (χ3n) is 5.24. The molecule has 0 aromatic heterocycles. The fraction of sp³-hybridized carbons (Fsp3) is 0.500. The summed E-state index contributed by atoms with van der Waals surface area (Å²) in [6.45, 7) is 2.88. The molecule has 1 aromatic rings. The molecule has 3 rings (SSSR count). The molecule has 1 N–H and O–H groups in total. The Labute approximate surface area is 158 Å². The summed E-state index contributed by atoms with van der Waals surface area (Å²) >= 11 is 0. The Morgan fingerprint density at radius 3 is 2.22 bits per heavy atom. The smallest absolute Gasteiger partial charge is 0.257 e. The molecular formula is C20H25N3O4. The van der Waals surface area contributed by atoms with E-state index in [4.69, 9.17) is 0 Å². The summed E-state index contributed by atoms with van der Waals surface area (Å²) in [6.07, 6.45) is 5.00. The van der Waals surface area contributed by atoms with Crippen LogP contribution in [0.2, 0.25) is 0 Å². The Balaban J connectivity index is 1.81. The third-order valence-corrected chi connectivity index (χ3v) is 5.24. The monoisotopic (exact) mass is 371 g/mol. The maximum Gasteiger partial charge on any atom is 0.257 e. The van der Waals surface area contributed by atoms with E-state index in [0.717, 1.165) is 37.0 Å². The van der Waals surface area contributed by atoms with Crippen molar-refractivity contribution < 1.29 is 19.2 Å². The highest BCUT2D eigenvalue weighted by atomic mass is 16.2. The number of hydrogen-bond donors (Lipinski definition) is 1. The van der Waals surface area contributed by atoms with Crippen molar-refractivity contribution in [2.24, 2.45) is 0 Å². The summed E-state index contributed by atoms with van der Waals surface area (Å²) < 4.78 is 0. The third kappa shape index (κ3) is 4.02. The van der Waals surface area contributed by atoms with E-state index in [1.54, 1.807) is 29.2 Å². The number of hydrogen-bond acceptors (Lipinski definition) is 4. The van der Waals surface area contributed by atoms with Gasteiger partial charge in [0.25, 0.3) is 5.91 Å². The normalized spacial score (nSPS) is 20.7. The van der Waals surface area contributed by atoms with E-state index in [9.17, 15) is 19.2 Å². The van der Waals surface area contributed by atoms with Gasteiger partial charge >= 0.3 is 0 Å². The van der Waals surface area contributed by atoms with Gasteiger partial charge in [-0.1, -0.05) is 19.3 Å². The summed E-state index contributed by atoms with van der Waals surface area (Å²) in [7, 11) is 0. The lowest BCUT2D eigenvalue weighted by atomic mass is 9.92. The second-order valence-corrected chi connectivity index (χ2v) is 7.23. The molecule has 1 aliphatic carbocycles. The minimum Gasteiger partial charge on any atom is -0.327 e. The molecule has 4 amide bonds. The molecule has 1 aromatic carbocycles. The van der Waals surface area contributed by atoms with Crippen molar-refractivity contribution in [1.29, 1.82) is 0 Å². The number of imide groups is 1. The van der Waals surface area contributed by atoms with Crippen LogP contribution < -0.4 is 10.2 Å². The van der Waals surface area contributed by atoms with E-state index in [-0.39, 0.29) is 36.1 Å². The van der Waals surface area contributed by atoms with Gasteiger partial charge in [-0.25, -0.2) is 4.90 Å². The summed E-state index contributed by atoms with van der Waals surface area (Å²) in [5, 5.41) is 2.65. The van der Waals surface area contributed by atoms with Gasteiger partial charge in [0.15, 0.2) is 0 Å². The molecule has 0 bridgehead atoms. The number of carbonyl (C=O) groups excluding carboxylic acids is 4. The zero-order valence-electron chi connectivity index (χ0n) is 15.7. The highest BCUT2D eigenvalue weighted by molar-refractivity contribution is 6.23. The maximum atomic E-state index is 13.0. The van der Waals surface area contributed by atoms with Crippen LogP contribution in [0.15, 0.2) is 24.3 Å². The van der Waals surface area contributed by atoms with Crippen LogP contribution >= 0.6 is 0 Å². The van der Waals surface area contributed by atoms with Crippen molar-refractivity contribution >= 4 is 35.0 Å². The lowest BCUT2D eigenvalue weighted by Crippen LogP contribution is -2.50. The number of anilines is 2. The molecule has 7 nitrogen and oxygen atoms in total. The topological polar surface area (TPSA) is 86.8 Å². The van der Waals surface area contributed by atoms with Gasteiger partial charge in [-0.15, -0.1) is 0 Å². The second-order valence-electron chi connectivity index (χ2n) is 7.23. The predicted octanol–water partition coefficient (Wildman–Crippen LogP) is 2.46. The molecule has 144 valence electrons. The summed E-state index contributed by atoms with van der Waals surface area (Å²) in [5.74, 6) is -1.01. The molecular weight excluding hydrogens is 346 g/mol. The molecule has 1 heterocycles. The van der Waals surface area contributed by atoms with Gasteiger partial charge in [-0.2, -0.15) is 0 Å². The first kappa shape index (κ1) is 19.1. The number of carbonyl (C=O) groups is 4. The van der Waals surface area contributed by atoms with Crippen LogP contribution in [0, 0.1) is 0 Å². The Kier molecular flexibility index (Phi) is 5.58. The van der Waals surface area contributed by atoms with Crippen LogP contribution in [-0.2, 0) is 19.2 Å². The average Bonchev–Trinajstić information content (AvgIpc) is 2.90. The highest BCUT2D eigenvalue weighted by Gasteiger charge is 2.45. The van der Waals surface area contributed by atoms with Gasteiger partial charge in [0, 0.05) is 25.6 Å². The zero-order valence-corrected chi connectivity index (χ0v) is 15.7. The first-order valence-electron chi connectivity index (χ1n) is 9.42. The quantitative estimate of drug-likeness (QED) is 0.824. The van der Waals surface area contributed by atoms with E-state index >= 15 is 0 Å². The van der Waals surface area contributed by atoms with Crippen LogP contribution in [0.4, 0.5) is 11.4 Å². The number of rotatable bonds is 4. The fourth-order valence-corrected chi connectivity index (χ4v) is 4.09. The average molecular weight is 371 g/mol. The highest BCUT2D eigenvalue weighted by Crippen LogP contribution is 2.31. The summed E-state index contributed by atoms with van der Waals surface area (Å²) in [6, 6.07) is 5.85. The van der Waals surface area contributed by atoms with Crippen LogP contribution in [-0.4, -0.2) is 40.6 Å². The van der Waals surface area contributed by atoms with Gasteiger partial charge in [-0.05, 0) is 37.1 Å². The first-order chi connectivity index (χ1) is 12.9. The predicted molar refractivity (Wildman–Crippen MR) is 101 cm³/mol. The maximum absolute atomic E-state index is 13.0. The first-order valence-corrected chi connectivity index (χ1v) is 9.42. The Morgan fingerprint density at radius 2 is 1.67 bits per heavy atom. The number of nitrogens with one attached hydrogen (secondary N) is 1. The molecule has 1 unspecified atom stereocenters. The van der Waals surface area contributed by atoms with Crippen molar-refractivity contribution in [3.05, 3.63) is 24.3 Å². The van der Waals surface area contributed by atoms with Gasteiger partial charge in [0.05, 0.1) is 12.1 Å². The van der Waals surface area contributed by atoms with Gasteiger partial charge in [0.2, 0.25) is 17.7 Å². The van der Waals surface area contributed by atoms with Crippen molar-refractivity contribution in [2.45, 2.75) is 64.5 Å². The number of amides is 4. The molecule has 7 heteroatoms. The molecule has 1 atom stereocenters. The molecule has 0 radical (unpaired) electrons. The SMILES string of the molecule is CC(=O)Nc1ccc(N2C(=O)CC(N(C(C)=O)C3CCCCC3)C2=O)cc1. The number of benzene rings is 1. The minimum atomic E-state index is -0.729. The van der Waals surface area contributed by atoms with Crippen LogP contribution in [0.25, 0.3) is 0 Å². The van der Waals surface area contributed by atoms with Gasteiger partial charge in [0.1, 0.15) is 6.04 Å². The van der Waals surface area contributed by atoms with Crippen LogP contribution in [0.3, 0.4) is 0 Å². The fourth-order valence-electron chi connectivity index (χ4n) is 4.09. The van der Waals surface area contributed by atoms with Crippen molar-refractivity contribution in [3.8, 4) is 0 Å². The second kappa shape index (κ2) is 7.90. The molecule has 1 saturated heterocycles. The minimum absolute atomic E-state index is 0.0162. The van der Waals surface area contributed by atoms with Crippen molar-refractivity contribution in [2.75, 3.05) is 10.2 Å². The van der Waals surface area contributed by atoms with Gasteiger partial charge < -0.3 is 10.2 Å². The molecule has 0 spiro atoms. The van der Waals surface area contributed by atoms with Gasteiger partial charge in [-0.3, -0.25) is 19.2 Å². The molecule has 27 heavy (non-hydrogen) atoms. The van der Waals surface area contributed by atoms with E-state index in [2.05, 4.69) is 5.32 Å². The molecule has 1 saturated carbocycles. The van der Waals surface area contributed by atoms with E-state index in [1.807, 2.05) is 0 Å². The Hall–Kier alpha value is -2.70. The van der Waals surface area contributed by atoms with Crippen LogP contribution in [0.5, 0.6) is 0 Å². The van der Waals surface area contributed by atoms with Crippen molar-refractivity contribution in [3.63, 3.8) is 0 Å². The summed E-state index contributed by atoms with van der Waals surface area (Å²) in [5.41, 5.74) is 1.04. The lowest BCUT2D eigenvalue weighted by Gasteiger charge is -2.36. The van der Waals surface area contributed by atoms with Crippen molar-refractivity contribution in [1.82, 2.24) is 4.90 Å². The Morgan fingerprint density at radius 1 is 1.04 bits per heavy atom. The summed E-state index contributed by atoms with van der Waals surface area (Å²) in [4.78, 5) is 51.8. The number of nitrogens with zero attached hydrogens (tertiary/aromatic N) is 2. The Bertz CT molecular complexity index is 753. The van der Waals surface area contributed by atoms with Crippen LogP contribution in [0.1, 0.15) is 52.4 Å². The standard InChI is InChI=1S/C20H25N3O4/c1-13(24)21-15-8-10-17(11-9-15)23-19(26)12-18(20(23)27)22(14(2)25)16-6-4-3-5-7-16/h8-11,16,18H,3-7,12H2,1-2H3,(H,21,24). The molecule has 1 aliphatic heterocycles. The molecule has 2 fully saturated rings. The molecule has 2 aliphatic rings. The van der Waals surface area contributed by atoms with E-state index in [0.29, 0.717) is 11.4 Å². The zero-order chi connectivity index (χ0) is 19.6. The van der Waals surface area contributed by atoms with E-state index < -0.39 is 6.04 Å². The largest absolute Gasteiger partial charge is 0.327 e. The lowest BCUT2D eigenvalue weighted by molar-refractivity contribution is -0.140.